The van der Waals surface area contributed by atoms with Gasteiger partial charge < -0.3 is 14.4 Å². The fraction of sp³-hybridized carbons (Fsp3) is 0.600. The molecule has 7 heteroatoms. The summed E-state index contributed by atoms with van der Waals surface area (Å²) in [5.41, 5.74) is 0.953. The number of morpholine rings is 1. The van der Waals surface area contributed by atoms with Crippen molar-refractivity contribution in [3.05, 3.63) is 17.3 Å². The molecule has 0 saturated carbocycles. The molecule has 1 aliphatic heterocycles. The van der Waals surface area contributed by atoms with E-state index in [-0.39, 0.29) is 19.2 Å². The molecule has 0 bridgehead atoms. The number of aromatic nitrogens is 2. The lowest BCUT2D eigenvalue weighted by atomic mass is 10.4. The van der Waals surface area contributed by atoms with E-state index in [9.17, 15) is 4.91 Å². The minimum atomic E-state index is 0.106. The summed E-state index contributed by atoms with van der Waals surface area (Å²) in [5, 5.41) is 2.69. The van der Waals surface area contributed by atoms with Crippen LogP contribution in [0.1, 0.15) is 0 Å². The average Bonchev–Trinajstić information content (AvgIpc) is 2.41. The Morgan fingerprint density at radius 1 is 1.35 bits per heavy atom. The van der Waals surface area contributed by atoms with Crippen molar-refractivity contribution in [3.8, 4) is 6.01 Å². The van der Waals surface area contributed by atoms with Crippen molar-refractivity contribution < 1.29 is 9.47 Å². The van der Waals surface area contributed by atoms with Crippen molar-refractivity contribution >= 4 is 5.69 Å². The highest BCUT2D eigenvalue weighted by Crippen LogP contribution is 2.14. The molecule has 17 heavy (non-hydrogen) atoms. The van der Waals surface area contributed by atoms with Gasteiger partial charge in [-0.15, -0.1) is 0 Å². The largest absolute Gasteiger partial charge is 0.461 e. The number of hydrogen-bond acceptors (Lipinski definition) is 7. The van der Waals surface area contributed by atoms with Gasteiger partial charge in [-0.25, -0.2) is 9.97 Å². The van der Waals surface area contributed by atoms with E-state index in [0.717, 1.165) is 32.0 Å². The van der Waals surface area contributed by atoms with Gasteiger partial charge in [-0.2, -0.15) is 4.91 Å². The summed E-state index contributed by atoms with van der Waals surface area (Å²) < 4.78 is 10.4. The summed E-state index contributed by atoms with van der Waals surface area (Å²) >= 11 is 0. The van der Waals surface area contributed by atoms with Crippen LogP contribution in [0.2, 0.25) is 0 Å². The van der Waals surface area contributed by atoms with Crippen molar-refractivity contribution in [2.75, 3.05) is 44.4 Å². The van der Waals surface area contributed by atoms with Crippen LogP contribution in [0.3, 0.4) is 0 Å². The zero-order chi connectivity index (χ0) is 11.9. The highest BCUT2D eigenvalue weighted by molar-refractivity contribution is 5.42. The van der Waals surface area contributed by atoms with Crippen molar-refractivity contribution in [3.63, 3.8) is 0 Å². The molecule has 1 aromatic heterocycles. The molecule has 0 aromatic carbocycles. The SMILES string of the molecule is O=NCCOc1ncc(N2CCOCC2)cn1. The topological polar surface area (TPSA) is 76.9 Å². The van der Waals surface area contributed by atoms with E-state index in [1.807, 2.05) is 0 Å². The average molecular weight is 238 g/mol. The molecule has 1 fully saturated rings. The van der Waals surface area contributed by atoms with E-state index < -0.39 is 0 Å². The van der Waals surface area contributed by atoms with Gasteiger partial charge in [0.25, 0.3) is 0 Å². The second-order valence-corrected chi connectivity index (χ2v) is 3.52. The third kappa shape index (κ3) is 3.35. The summed E-state index contributed by atoms with van der Waals surface area (Å²) in [6, 6.07) is 0.269. The second-order valence-electron chi connectivity index (χ2n) is 3.52. The van der Waals surface area contributed by atoms with Crippen LogP contribution >= 0.6 is 0 Å². The number of nitroso groups, excluding NO2 is 1. The molecule has 0 N–H and O–H groups in total. The van der Waals surface area contributed by atoms with Crippen molar-refractivity contribution in [1.82, 2.24) is 9.97 Å². The standard InChI is InChI=1S/C10H14N4O3/c15-13-1-4-17-10-11-7-9(8-12-10)14-2-5-16-6-3-14/h7-8H,1-6H2. The molecule has 1 aromatic rings. The quantitative estimate of drug-likeness (QED) is 0.548. The molecule has 0 spiro atoms. The smallest absolute Gasteiger partial charge is 0.316 e. The van der Waals surface area contributed by atoms with Crippen LogP contribution in [0.4, 0.5) is 5.69 Å². The van der Waals surface area contributed by atoms with Crippen LogP contribution in [0.15, 0.2) is 17.6 Å². The molecule has 0 unspecified atom stereocenters. The highest BCUT2D eigenvalue weighted by Gasteiger charge is 2.11. The summed E-state index contributed by atoms with van der Waals surface area (Å²) in [6.45, 7) is 3.46. The first kappa shape index (κ1) is 11.7. The van der Waals surface area contributed by atoms with Gasteiger partial charge in [0.15, 0.2) is 0 Å². The van der Waals surface area contributed by atoms with Crippen LogP contribution in [0.5, 0.6) is 6.01 Å². The molecule has 1 aliphatic rings. The lowest BCUT2D eigenvalue weighted by molar-refractivity contribution is 0.122. The molecule has 92 valence electrons. The fourth-order valence-corrected chi connectivity index (χ4v) is 1.54. The van der Waals surface area contributed by atoms with Gasteiger partial charge >= 0.3 is 6.01 Å². The maximum atomic E-state index is 9.87. The minimum absolute atomic E-state index is 0.106. The van der Waals surface area contributed by atoms with Crippen molar-refractivity contribution in [2.24, 2.45) is 5.18 Å². The zero-order valence-electron chi connectivity index (χ0n) is 9.41. The normalized spacial score (nSPS) is 15.6. The lowest BCUT2D eigenvalue weighted by Crippen LogP contribution is -2.36. The van der Waals surface area contributed by atoms with E-state index in [0.29, 0.717) is 0 Å². The maximum absolute atomic E-state index is 9.87. The molecule has 0 amide bonds. The second kappa shape index (κ2) is 6.09. The third-order valence-corrected chi connectivity index (χ3v) is 2.40. The Morgan fingerprint density at radius 3 is 2.71 bits per heavy atom. The Labute approximate surface area is 98.7 Å². The van der Waals surface area contributed by atoms with Gasteiger partial charge in [-0.1, -0.05) is 5.18 Å². The van der Waals surface area contributed by atoms with Crippen LogP contribution in [-0.2, 0) is 4.74 Å². The Morgan fingerprint density at radius 2 is 2.06 bits per heavy atom. The number of anilines is 1. The Bertz CT molecular complexity index is 351. The predicted octanol–water partition coefficient (Wildman–Crippen LogP) is 0.458. The Kier molecular flexibility index (Phi) is 4.20. The van der Waals surface area contributed by atoms with Crippen LogP contribution in [0, 0.1) is 4.91 Å². The minimum Gasteiger partial charge on any atom is -0.461 e. The van der Waals surface area contributed by atoms with Gasteiger partial charge in [-0.3, -0.25) is 0 Å². The van der Waals surface area contributed by atoms with Crippen LogP contribution in [0.25, 0.3) is 0 Å². The van der Waals surface area contributed by atoms with Crippen molar-refractivity contribution in [1.29, 1.82) is 0 Å². The first-order chi connectivity index (χ1) is 8.40. The summed E-state index contributed by atoms with van der Waals surface area (Å²) in [5.74, 6) is 0. The Balaban J connectivity index is 1.90. The molecule has 0 atom stereocenters. The first-order valence-electron chi connectivity index (χ1n) is 5.47. The molecule has 0 radical (unpaired) electrons. The molecule has 0 aliphatic carbocycles. The van der Waals surface area contributed by atoms with E-state index in [1.165, 1.54) is 0 Å². The summed E-state index contributed by atoms with van der Waals surface area (Å²) in [4.78, 5) is 20.2. The van der Waals surface area contributed by atoms with E-state index >= 15 is 0 Å². The maximum Gasteiger partial charge on any atom is 0.316 e. The van der Waals surface area contributed by atoms with Crippen LogP contribution < -0.4 is 9.64 Å². The first-order valence-corrected chi connectivity index (χ1v) is 5.47. The molecule has 1 saturated heterocycles. The highest BCUT2D eigenvalue weighted by atomic mass is 16.5. The zero-order valence-corrected chi connectivity index (χ0v) is 9.41. The molecular weight excluding hydrogens is 224 g/mol. The number of rotatable bonds is 5. The number of hydrogen-bond donors (Lipinski definition) is 0. The van der Waals surface area contributed by atoms with Crippen molar-refractivity contribution in [2.45, 2.75) is 0 Å². The summed E-state index contributed by atoms with van der Waals surface area (Å²) in [6.07, 6.45) is 3.42. The van der Waals surface area contributed by atoms with Gasteiger partial charge in [0.2, 0.25) is 0 Å². The van der Waals surface area contributed by atoms with E-state index in [1.54, 1.807) is 12.4 Å². The monoisotopic (exact) mass is 238 g/mol. The third-order valence-electron chi connectivity index (χ3n) is 2.40. The van der Waals surface area contributed by atoms with Gasteiger partial charge in [0, 0.05) is 13.1 Å². The number of ether oxygens (including phenoxy) is 2. The van der Waals surface area contributed by atoms with Gasteiger partial charge in [-0.05, 0) is 0 Å². The predicted molar refractivity (Wildman–Crippen MR) is 61.2 cm³/mol. The fourth-order valence-electron chi connectivity index (χ4n) is 1.54. The molecule has 7 nitrogen and oxygen atoms in total. The molecule has 2 rings (SSSR count). The lowest BCUT2D eigenvalue weighted by Gasteiger charge is -2.28. The van der Waals surface area contributed by atoms with Crippen LogP contribution in [-0.4, -0.2) is 49.4 Å². The van der Waals surface area contributed by atoms with Gasteiger partial charge in [0.05, 0.1) is 31.3 Å². The van der Waals surface area contributed by atoms with E-state index in [2.05, 4.69) is 20.0 Å². The summed E-state index contributed by atoms with van der Waals surface area (Å²) in [7, 11) is 0. The Hall–Kier alpha value is -1.76. The number of nitrogens with zero attached hydrogens (tertiary/aromatic N) is 4. The molecular formula is C10H14N4O3. The molecule has 2 heterocycles. The van der Waals surface area contributed by atoms with Gasteiger partial charge in [0.1, 0.15) is 13.2 Å². The van der Waals surface area contributed by atoms with E-state index in [4.69, 9.17) is 9.47 Å².